The van der Waals surface area contributed by atoms with Crippen LogP contribution in [-0.2, 0) is 11.3 Å². The van der Waals surface area contributed by atoms with E-state index in [0.717, 1.165) is 16.6 Å². The van der Waals surface area contributed by atoms with Gasteiger partial charge in [-0.3, -0.25) is 9.36 Å². The van der Waals surface area contributed by atoms with Crippen molar-refractivity contribution < 1.29 is 13.9 Å². The Hall–Kier alpha value is -3.89. The number of thioether (sulfide) groups is 1. The van der Waals surface area contributed by atoms with Gasteiger partial charge in [0.2, 0.25) is 11.7 Å². The maximum absolute atomic E-state index is 12.6. The molecule has 0 bridgehead atoms. The van der Waals surface area contributed by atoms with Crippen LogP contribution in [-0.4, -0.2) is 38.5 Å². The van der Waals surface area contributed by atoms with E-state index in [0.29, 0.717) is 39.7 Å². The molecule has 0 aliphatic carbocycles. The van der Waals surface area contributed by atoms with Crippen molar-refractivity contribution in [2.24, 2.45) is 0 Å². The predicted octanol–water partition coefficient (Wildman–Crippen LogP) is 6.05. The second-order valence-electron chi connectivity index (χ2n) is 7.94. The highest BCUT2D eigenvalue weighted by Gasteiger charge is 2.19. The first-order valence-corrected chi connectivity index (χ1v) is 13.0. The molecule has 5 aromatic rings. The van der Waals surface area contributed by atoms with Crippen molar-refractivity contribution in [1.29, 1.82) is 0 Å². The Morgan fingerprint density at radius 3 is 2.86 bits per heavy atom. The maximum atomic E-state index is 12.6. The molecule has 0 fully saturated rings. The zero-order valence-electron chi connectivity index (χ0n) is 19.7. The van der Waals surface area contributed by atoms with Crippen LogP contribution in [0.2, 0.25) is 0 Å². The van der Waals surface area contributed by atoms with Gasteiger partial charge < -0.3 is 14.5 Å². The number of methoxy groups -OCH3 is 1. The number of allylic oxidation sites excluding steroid dienone is 1. The number of benzene rings is 2. The SMILES string of the molecule is C=CCn1c(SCC(=O)Nc2nc(-c3ccc(C)cc3)cs2)nnc1-c1cc2cccc(OC)c2o1. The monoisotopic (exact) mass is 517 g/mol. The van der Waals surface area contributed by atoms with Gasteiger partial charge in [0.15, 0.2) is 27.4 Å². The fourth-order valence-corrected chi connectivity index (χ4v) is 5.14. The molecule has 1 amide bonds. The van der Waals surface area contributed by atoms with Gasteiger partial charge in [0.1, 0.15) is 0 Å². The Bertz CT molecular complexity index is 1540. The van der Waals surface area contributed by atoms with E-state index in [4.69, 9.17) is 9.15 Å². The highest BCUT2D eigenvalue weighted by molar-refractivity contribution is 7.99. The van der Waals surface area contributed by atoms with E-state index < -0.39 is 0 Å². The van der Waals surface area contributed by atoms with Crippen LogP contribution in [0.15, 0.2) is 76.1 Å². The van der Waals surface area contributed by atoms with Crippen LogP contribution in [0.25, 0.3) is 33.8 Å². The Kier molecular flexibility index (Phi) is 6.88. The van der Waals surface area contributed by atoms with Crippen molar-refractivity contribution in [3.63, 3.8) is 0 Å². The van der Waals surface area contributed by atoms with Gasteiger partial charge in [-0.1, -0.05) is 59.8 Å². The van der Waals surface area contributed by atoms with E-state index in [1.165, 1.54) is 28.7 Å². The van der Waals surface area contributed by atoms with Crippen molar-refractivity contribution in [2.45, 2.75) is 18.6 Å². The summed E-state index contributed by atoms with van der Waals surface area (Å²) >= 11 is 2.68. The predicted molar refractivity (Wildman–Crippen MR) is 144 cm³/mol. The zero-order valence-corrected chi connectivity index (χ0v) is 21.4. The third-order valence-corrected chi connectivity index (χ3v) is 7.13. The van der Waals surface area contributed by atoms with Crippen LogP contribution < -0.4 is 10.1 Å². The number of fused-ring (bicyclic) bond motifs is 1. The summed E-state index contributed by atoms with van der Waals surface area (Å²) in [5.74, 6) is 1.74. The lowest BCUT2D eigenvalue weighted by Crippen LogP contribution is -2.14. The van der Waals surface area contributed by atoms with Crippen molar-refractivity contribution in [2.75, 3.05) is 18.2 Å². The lowest BCUT2D eigenvalue weighted by molar-refractivity contribution is -0.113. The number of carbonyl (C=O) groups excluding carboxylic acids is 1. The summed E-state index contributed by atoms with van der Waals surface area (Å²) in [5.41, 5.74) is 3.68. The summed E-state index contributed by atoms with van der Waals surface area (Å²) in [7, 11) is 1.60. The molecule has 0 aliphatic rings. The van der Waals surface area contributed by atoms with E-state index in [2.05, 4.69) is 27.1 Å². The fraction of sp³-hybridized carbons (Fsp3) is 0.154. The highest BCUT2D eigenvalue weighted by atomic mass is 32.2. The molecule has 0 saturated carbocycles. The Morgan fingerprint density at radius 1 is 1.25 bits per heavy atom. The first kappa shape index (κ1) is 23.8. The molecule has 0 radical (unpaired) electrons. The summed E-state index contributed by atoms with van der Waals surface area (Å²) in [5, 5.41) is 15.5. The molecule has 36 heavy (non-hydrogen) atoms. The number of rotatable bonds is 9. The first-order valence-electron chi connectivity index (χ1n) is 11.1. The molecule has 2 aromatic carbocycles. The summed E-state index contributed by atoms with van der Waals surface area (Å²) in [6.45, 7) is 6.35. The first-order chi connectivity index (χ1) is 17.6. The van der Waals surface area contributed by atoms with Crippen LogP contribution >= 0.6 is 23.1 Å². The summed E-state index contributed by atoms with van der Waals surface area (Å²) in [6.07, 6.45) is 1.75. The second kappa shape index (κ2) is 10.4. The number of thiazole rings is 1. The lowest BCUT2D eigenvalue weighted by Gasteiger charge is -2.06. The third-order valence-electron chi connectivity index (χ3n) is 5.41. The summed E-state index contributed by atoms with van der Waals surface area (Å²) in [4.78, 5) is 17.2. The second-order valence-corrected chi connectivity index (χ2v) is 9.74. The van der Waals surface area contributed by atoms with Gasteiger partial charge in [-0.2, -0.15) is 0 Å². The van der Waals surface area contributed by atoms with E-state index in [1.54, 1.807) is 13.2 Å². The average molecular weight is 518 g/mol. The van der Waals surface area contributed by atoms with E-state index in [-0.39, 0.29) is 11.7 Å². The minimum atomic E-state index is -0.173. The quantitative estimate of drug-likeness (QED) is 0.188. The number of nitrogens with zero attached hydrogens (tertiary/aromatic N) is 4. The minimum Gasteiger partial charge on any atom is -0.493 e. The molecule has 1 N–H and O–H groups in total. The number of hydrogen-bond donors (Lipinski definition) is 1. The summed E-state index contributed by atoms with van der Waals surface area (Å²) < 4.78 is 13.3. The Morgan fingerprint density at radius 2 is 2.08 bits per heavy atom. The van der Waals surface area contributed by atoms with Crippen LogP contribution in [0.5, 0.6) is 5.75 Å². The molecule has 0 aliphatic heterocycles. The number of carbonyl (C=O) groups is 1. The number of anilines is 1. The number of amides is 1. The van der Waals surface area contributed by atoms with Gasteiger partial charge in [0.25, 0.3) is 0 Å². The molecule has 182 valence electrons. The molecule has 3 heterocycles. The number of hydrogen-bond acceptors (Lipinski definition) is 8. The largest absolute Gasteiger partial charge is 0.493 e. The van der Waals surface area contributed by atoms with Crippen molar-refractivity contribution >= 4 is 45.1 Å². The molecule has 8 nitrogen and oxygen atoms in total. The fourth-order valence-electron chi connectivity index (χ4n) is 3.65. The van der Waals surface area contributed by atoms with Crippen molar-refractivity contribution in [3.05, 3.63) is 72.1 Å². The number of ether oxygens (including phenoxy) is 1. The van der Waals surface area contributed by atoms with Crippen LogP contribution in [0.1, 0.15) is 5.56 Å². The Labute approximate surface area is 216 Å². The van der Waals surface area contributed by atoms with Crippen molar-refractivity contribution in [3.8, 4) is 28.6 Å². The summed E-state index contributed by atoms with van der Waals surface area (Å²) in [6, 6.07) is 15.7. The third kappa shape index (κ3) is 4.91. The van der Waals surface area contributed by atoms with E-state index >= 15 is 0 Å². The Balaban J connectivity index is 1.29. The van der Waals surface area contributed by atoms with Gasteiger partial charge in [-0.15, -0.1) is 28.1 Å². The number of furan rings is 1. The van der Waals surface area contributed by atoms with E-state index in [9.17, 15) is 4.79 Å². The standard InChI is InChI=1S/C26H23N5O3S2/c1-4-12-31-24(21-13-18-6-5-7-20(33-3)23(18)34-21)29-30-26(31)36-15-22(32)28-25-27-19(14-35-25)17-10-8-16(2)9-11-17/h4-11,13-14H,1,12,15H2,2-3H3,(H,27,28,32). The number of nitrogens with one attached hydrogen (secondary N) is 1. The molecular weight excluding hydrogens is 494 g/mol. The van der Waals surface area contributed by atoms with Gasteiger partial charge >= 0.3 is 0 Å². The molecule has 5 rings (SSSR count). The minimum absolute atomic E-state index is 0.155. The van der Waals surface area contributed by atoms with E-state index in [1.807, 2.05) is 65.4 Å². The van der Waals surface area contributed by atoms with Crippen LogP contribution in [0.4, 0.5) is 5.13 Å². The number of para-hydroxylation sites is 1. The smallest absolute Gasteiger partial charge is 0.236 e. The molecule has 10 heteroatoms. The average Bonchev–Trinajstić information content (AvgIpc) is 3.61. The molecule has 3 aromatic heterocycles. The zero-order chi connectivity index (χ0) is 25.1. The molecular formula is C26H23N5O3S2. The van der Waals surface area contributed by atoms with Gasteiger partial charge in [-0.25, -0.2) is 4.98 Å². The van der Waals surface area contributed by atoms with Crippen LogP contribution in [0.3, 0.4) is 0 Å². The topological polar surface area (TPSA) is 95.1 Å². The van der Waals surface area contributed by atoms with Crippen molar-refractivity contribution in [1.82, 2.24) is 19.7 Å². The molecule has 0 spiro atoms. The van der Waals surface area contributed by atoms with Gasteiger partial charge in [0.05, 0.1) is 18.6 Å². The molecule has 0 atom stereocenters. The normalized spacial score (nSPS) is 11.1. The van der Waals surface area contributed by atoms with Crippen LogP contribution in [0, 0.1) is 6.92 Å². The lowest BCUT2D eigenvalue weighted by atomic mass is 10.1. The van der Waals surface area contributed by atoms with Gasteiger partial charge in [0, 0.05) is 22.9 Å². The van der Waals surface area contributed by atoms with Gasteiger partial charge in [-0.05, 0) is 19.1 Å². The number of aryl methyl sites for hydroxylation is 1. The number of aromatic nitrogens is 4. The molecule has 0 unspecified atom stereocenters. The molecule has 0 saturated heterocycles. The maximum Gasteiger partial charge on any atom is 0.236 e. The highest BCUT2D eigenvalue weighted by Crippen LogP contribution is 2.34.